The van der Waals surface area contributed by atoms with Crippen LogP contribution in [0.4, 0.5) is 10.1 Å². The largest absolute Gasteiger partial charge is 0.454 e. The van der Waals surface area contributed by atoms with E-state index in [0.717, 1.165) is 15.6 Å². The summed E-state index contributed by atoms with van der Waals surface area (Å²) in [7, 11) is 0. The van der Waals surface area contributed by atoms with Gasteiger partial charge in [-0.05, 0) is 49.2 Å². The third-order valence-electron chi connectivity index (χ3n) is 2.59. The van der Waals surface area contributed by atoms with E-state index < -0.39 is 5.82 Å². The molecule has 0 fully saturated rings. The van der Waals surface area contributed by atoms with Crippen molar-refractivity contribution in [2.24, 2.45) is 0 Å². The summed E-state index contributed by atoms with van der Waals surface area (Å²) < 4.78 is 20.2. The number of halogens is 2. The Bertz CT molecular complexity index is 575. The molecule has 0 aliphatic rings. The van der Waals surface area contributed by atoms with E-state index >= 15 is 0 Å². The number of nitrogen functional groups attached to an aromatic ring is 1. The standard InChI is InChI=1S/C14H13BrFNO/c1-8-5-11(6-9(2)14(8)15)18-13-4-3-10(17)7-12(13)16/h3-7H,17H2,1-2H3. The first-order chi connectivity index (χ1) is 8.47. The molecular formula is C14H13BrFNO. The predicted octanol–water partition coefficient (Wildman–Crippen LogP) is 4.58. The predicted molar refractivity (Wildman–Crippen MR) is 74.5 cm³/mol. The maximum atomic E-state index is 13.6. The molecule has 0 saturated carbocycles. The normalized spacial score (nSPS) is 10.4. The van der Waals surface area contributed by atoms with Crippen molar-refractivity contribution in [2.45, 2.75) is 13.8 Å². The van der Waals surface area contributed by atoms with Crippen molar-refractivity contribution >= 4 is 21.6 Å². The van der Waals surface area contributed by atoms with Gasteiger partial charge in [-0.25, -0.2) is 4.39 Å². The third-order valence-corrected chi connectivity index (χ3v) is 3.84. The summed E-state index contributed by atoms with van der Waals surface area (Å²) in [6.07, 6.45) is 0. The van der Waals surface area contributed by atoms with Gasteiger partial charge in [0.15, 0.2) is 11.6 Å². The van der Waals surface area contributed by atoms with E-state index in [1.165, 1.54) is 12.1 Å². The van der Waals surface area contributed by atoms with E-state index in [1.807, 2.05) is 26.0 Å². The van der Waals surface area contributed by atoms with Gasteiger partial charge in [0.2, 0.25) is 0 Å². The average molecular weight is 310 g/mol. The summed E-state index contributed by atoms with van der Waals surface area (Å²) in [6.45, 7) is 3.92. The zero-order valence-electron chi connectivity index (χ0n) is 10.1. The van der Waals surface area contributed by atoms with E-state index in [0.29, 0.717) is 11.4 Å². The van der Waals surface area contributed by atoms with Crippen LogP contribution in [0, 0.1) is 19.7 Å². The average Bonchev–Trinajstić information content (AvgIpc) is 2.29. The molecule has 0 aliphatic carbocycles. The summed E-state index contributed by atoms with van der Waals surface area (Å²) in [5.74, 6) is 0.315. The van der Waals surface area contributed by atoms with Gasteiger partial charge in [0, 0.05) is 16.2 Å². The zero-order valence-corrected chi connectivity index (χ0v) is 11.7. The molecule has 2 rings (SSSR count). The van der Waals surface area contributed by atoms with Crippen LogP contribution >= 0.6 is 15.9 Å². The van der Waals surface area contributed by atoms with Gasteiger partial charge in [-0.3, -0.25) is 0 Å². The van der Waals surface area contributed by atoms with Crippen LogP contribution in [0.25, 0.3) is 0 Å². The molecule has 0 aromatic heterocycles. The molecule has 94 valence electrons. The molecule has 18 heavy (non-hydrogen) atoms. The summed E-state index contributed by atoms with van der Waals surface area (Å²) in [6, 6.07) is 8.09. The first-order valence-electron chi connectivity index (χ1n) is 5.47. The lowest BCUT2D eigenvalue weighted by Crippen LogP contribution is -1.93. The fraction of sp³-hybridized carbons (Fsp3) is 0.143. The minimum Gasteiger partial charge on any atom is -0.454 e. The first kappa shape index (κ1) is 12.9. The lowest BCUT2D eigenvalue weighted by atomic mass is 10.1. The van der Waals surface area contributed by atoms with Crippen LogP contribution in [0.3, 0.4) is 0 Å². The van der Waals surface area contributed by atoms with Gasteiger partial charge in [-0.15, -0.1) is 0 Å². The van der Waals surface area contributed by atoms with Crippen LogP contribution in [0.2, 0.25) is 0 Å². The second-order valence-electron chi connectivity index (χ2n) is 4.16. The van der Waals surface area contributed by atoms with Gasteiger partial charge in [0.1, 0.15) is 5.75 Å². The fourth-order valence-corrected chi connectivity index (χ4v) is 1.92. The minimum atomic E-state index is -0.465. The van der Waals surface area contributed by atoms with E-state index in [2.05, 4.69) is 15.9 Å². The van der Waals surface area contributed by atoms with Gasteiger partial charge < -0.3 is 10.5 Å². The molecule has 0 atom stereocenters. The molecule has 0 heterocycles. The molecule has 2 nitrogen and oxygen atoms in total. The minimum absolute atomic E-state index is 0.172. The number of rotatable bonds is 2. The Labute approximate surface area is 114 Å². The van der Waals surface area contributed by atoms with Crippen molar-refractivity contribution < 1.29 is 9.13 Å². The maximum absolute atomic E-state index is 13.6. The second-order valence-corrected chi connectivity index (χ2v) is 4.96. The van der Waals surface area contributed by atoms with Crippen molar-refractivity contribution in [2.75, 3.05) is 5.73 Å². The zero-order chi connectivity index (χ0) is 13.3. The Morgan fingerprint density at radius 2 is 1.72 bits per heavy atom. The molecule has 4 heteroatoms. The van der Waals surface area contributed by atoms with E-state index in [4.69, 9.17) is 10.5 Å². The van der Waals surface area contributed by atoms with Crippen LogP contribution in [0.5, 0.6) is 11.5 Å². The van der Waals surface area contributed by atoms with E-state index in [-0.39, 0.29) is 5.75 Å². The highest BCUT2D eigenvalue weighted by Gasteiger charge is 2.08. The molecule has 2 N–H and O–H groups in total. The molecule has 0 bridgehead atoms. The third kappa shape index (κ3) is 2.64. The Kier molecular flexibility index (Phi) is 3.57. The van der Waals surface area contributed by atoms with Crippen LogP contribution in [-0.2, 0) is 0 Å². The Morgan fingerprint density at radius 3 is 2.28 bits per heavy atom. The molecule has 2 aromatic carbocycles. The van der Waals surface area contributed by atoms with Crippen LogP contribution in [0.15, 0.2) is 34.8 Å². The van der Waals surface area contributed by atoms with Crippen molar-refractivity contribution in [3.63, 3.8) is 0 Å². The van der Waals surface area contributed by atoms with Crippen molar-refractivity contribution in [3.05, 3.63) is 51.7 Å². The SMILES string of the molecule is Cc1cc(Oc2ccc(N)cc2F)cc(C)c1Br. The maximum Gasteiger partial charge on any atom is 0.167 e. The highest BCUT2D eigenvalue weighted by Crippen LogP contribution is 2.31. The molecule has 0 unspecified atom stereocenters. The highest BCUT2D eigenvalue weighted by molar-refractivity contribution is 9.10. The van der Waals surface area contributed by atoms with Gasteiger partial charge in [-0.1, -0.05) is 15.9 Å². The quantitative estimate of drug-likeness (QED) is 0.824. The van der Waals surface area contributed by atoms with Crippen molar-refractivity contribution in [3.8, 4) is 11.5 Å². The van der Waals surface area contributed by atoms with Crippen molar-refractivity contribution in [1.29, 1.82) is 0 Å². The summed E-state index contributed by atoms with van der Waals surface area (Å²) in [5.41, 5.74) is 7.95. The lowest BCUT2D eigenvalue weighted by molar-refractivity contribution is 0.442. The summed E-state index contributed by atoms with van der Waals surface area (Å²) >= 11 is 3.48. The smallest absolute Gasteiger partial charge is 0.167 e. The second kappa shape index (κ2) is 4.98. The molecule has 0 spiro atoms. The topological polar surface area (TPSA) is 35.2 Å². The van der Waals surface area contributed by atoms with Crippen LogP contribution < -0.4 is 10.5 Å². The molecule has 0 amide bonds. The molecule has 0 saturated heterocycles. The number of aryl methyl sites for hydroxylation is 2. The van der Waals surface area contributed by atoms with Gasteiger partial charge in [0.25, 0.3) is 0 Å². The van der Waals surface area contributed by atoms with Crippen LogP contribution in [-0.4, -0.2) is 0 Å². The number of hydrogen-bond donors (Lipinski definition) is 1. The number of nitrogens with two attached hydrogens (primary N) is 1. The summed E-state index contributed by atoms with van der Waals surface area (Å²) in [4.78, 5) is 0. The van der Waals surface area contributed by atoms with E-state index in [1.54, 1.807) is 6.07 Å². The monoisotopic (exact) mass is 309 g/mol. The number of hydrogen-bond acceptors (Lipinski definition) is 2. The number of anilines is 1. The Balaban J connectivity index is 2.34. The molecular weight excluding hydrogens is 297 g/mol. The van der Waals surface area contributed by atoms with Gasteiger partial charge in [-0.2, -0.15) is 0 Å². The van der Waals surface area contributed by atoms with Crippen molar-refractivity contribution in [1.82, 2.24) is 0 Å². The number of benzene rings is 2. The number of ether oxygens (including phenoxy) is 1. The lowest BCUT2D eigenvalue weighted by Gasteiger charge is -2.10. The summed E-state index contributed by atoms with van der Waals surface area (Å²) in [5, 5.41) is 0. The molecule has 2 aromatic rings. The van der Waals surface area contributed by atoms with Gasteiger partial charge >= 0.3 is 0 Å². The molecule has 0 radical (unpaired) electrons. The van der Waals surface area contributed by atoms with Crippen LogP contribution in [0.1, 0.15) is 11.1 Å². The highest BCUT2D eigenvalue weighted by atomic mass is 79.9. The molecule has 0 aliphatic heterocycles. The van der Waals surface area contributed by atoms with E-state index in [9.17, 15) is 4.39 Å². The Morgan fingerprint density at radius 1 is 1.11 bits per heavy atom. The first-order valence-corrected chi connectivity index (χ1v) is 6.26. The van der Waals surface area contributed by atoms with Gasteiger partial charge in [0.05, 0.1) is 0 Å². The Hall–Kier alpha value is -1.55. The fourth-order valence-electron chi connectivity index (χ4n) is 1.69.